The van der Waals surface area contributed by atoms with Gasteiger partial charge in [0.15, 0.2) is 6.61 Å². The van der Waals surface area contributed by atoms with Crippen molar-refractivity contribution in [3.63, 3.8) is 0 Å². The van der Waals surface area contributed by atoms with Crippen molar-refractivity contribution in [3.05, 3.63) is 54.1 Å². The van der Waals surface area contributed by atoms with E-state index in [4.69, 9.17) is 4.74 Å². The second-order valence-electron chi connectivity index (χ2n) is 6.24. The van der Waals surface area contributed by atoms with Crippen LogP contribution in [0.5, 0.6) is 5.75 Å². The van der Waals surface area contributed by atoms with Gasteiger partial charge in [0.2, 0.25) is 5.91 Å². The number of hydrogen-bond acceptors (Lipinski definition) is 3. The van der Waals surface area contributed by atoms with Crippen molar-refractivity contribution >= 4 is 23.2 Å². The van der Waals surface area contributed by atoms with Crippen LogP contribution in [0.25, 0.3) is 0 Å². The average Bonchev–Trinajstić information content (AvgIpc) is 2.62. The van der Waals surface area contributed by atoms with Crippen LogP contribution in [-0.2, 0) is 9.59 Å². The molecule has 0 heterocycles. The Kier molecular flexibility index (Phi) is 7.68. The lowest BCUT2D eigenvalue weighted by Crippen LogP contribution is -2.20. The van der Waals surface area contributed by atoms with Gasteiger partial charge in [-0.3, -0.25) is 9.59 Å². The van der Waals surface area contributed by atoms with E-state index >= 15 is 0 Å². The van der Waals surface area contributed by atoms with Crippen LogP contribution in [0.3, 0.4) is 0 Å². The van der Waals surface area contributed by atoms with Gasteiger partial charge in [-0.05, 0) is 43.7 Å². The predicted octanol–water partition coefficient (Wildman–Crippen LogP) is 4.53. The molecule has 26 heavy (non-hydrogen) atoms. The molecule has 2 rings (SSSR count). The predicted molar refractivity (Wildman–Crippen MR) is 105 cm³/mol. The number of ether oxygens (including phenoxy) is 1. The van der Waals surface area contributed by atoms with Crippen LogP contribution >= 0.6 is 0 Å². The first-order chi connectivity index (χ1) is 12.6. The van der Waals surface area contributed by atoms with Gasteiger partial charge < -0.3 is 15.4 Å². The molecule has 5 heteroatoms. The number of hydrogen-bond donors (Lipinski definition) is 2. The van der Waals surface area contributed by atoms with Crippen molar-refractivity contribution in [2.24, 2.45) is 0 Å². The maximum Gasteiger partial charge on any atom is 0.262 e. The van der Waals surface area contributed by atoms with Gasteiger partial charge in [-0.25, -0.2) is 0 Å². The molecule has 5 nitrogen and oxygen atoms in total. The summed E-state index contributed by atoms with van der Waals surface area (Å²) >= 11 is 0. The van der Waals surface area contributed by atoms with E-state index < -0.39 is 0 Å². The molecule has 2 amide bonds. The Balaban J connectivity index is 1.82. The lowest BCUT2D eigenvalue weighted by molar-refractivity contribution is -0.118. The van der Waals surface area contributed by atoms with Crippen LogP contribution in [-0.4, -0.2) is 18.4 Å². The molecule has 0 bridgehead atoms. The number of nitrogens with one attached hydrogen (secondary N) is 2. The zero-order chi connectivity index (χ0) is 18.8. The Morgan fingerprint density at radius 1 is 0.923 bits per heavy atom. The first-order valence-electron chi connectivity index (χ1n) is 8.96. The Hall–Kier alpha value is -2.82. The highest BCUT2D eigenvalue weighted by atomic mass is 16.5. The van der Waals surface area contributed by atoms with E-state index in [0.717, 1.165) is 24.8 Å². The topological polar surface area (TPSA) is 67.4 Å². The molecule has 0 saturated heterocycles. The Bertz CT molecular complexity index is 726. The summed E-state index contributed by atoms with van der Waals surface area (Å²) in [6.07, 6.45) is 3.52. The van der Waals surface area contributed by atoms with Gasteiger partial charge in [-0.15, -0.1) is 0 Å². The number of carbonyl (C=O) groups is 2. The first kappa shape index (κ1) is 19.5. The van der Waals surface area contributed by atoms with E-state index in [9.17, 15) is 9.59 Å². The molecule has 2 aromatic carbocycles. The first-order valence-corrected chi connectivity index (χ1v) is 8.96. The van der Waals surface area contributed by atoms with Crippen molar-refractivity contribution < 1.29 is 14.3 Å². The largest absolute Gasteiger partial charge is 0.484 e. The molecule has 0 aromatic heterocycles. The highest BCUT2D eigenvalue weighted by molar-refractivity contribution is 5.94. The summed E-state index contributed by atoms with van der Waals surface area (Å²) in [5, 5.41) is 5.63. The lowest BCUT2D eigenvalue weighted by atomic mass is 10.2. The Morgan fingerprint density at radius 3 is 2.23 bits per heavy atom. The molecule has 0 fully saturated rings. The van der Waals surface area contributed by atoms with E-state index in [1.807, 2.05) is 31.2 Å². The smallest absolute Gasteiger partial charge is 0.262 e. The van der Waals surface area contributed by atoms with E-state index in [2.05, 4.69) is 17.6 Å². The second kappa shape index (κ2) is 10.2. The molecule has 0 saturated carbocycles. The van der Waals surface area contributed by atoms with E-state index in [1.165, 1.54) is 0 Å². The Labute approximate surface area is 154 Å². The van der Waals surface area contributed by atoms with Gasteiger partial charge in [-0.2, -0.15) is 0 Å². The molecule has 0 unspecified atom stereocenters. The monoisotopic (exact) mass is 354 g/mol. The molecule has 0 aliphatic rings. The highest BCUT2D eigenvalue weighted by Crippen LogP contribution is 2.16. The fraction of sp³-hybridized carbons (Fsp3) is 0.333. The zero-order valence-corrected chi connectivity index (χ0v) is 15.4. The molecule has 138 valence electrons. The van der Waals surface area contributed by atoms with Crippen molar-refractivity contribution in [2.45, 2.75) is 39.5 Å². The molecule has 0 spiro atoms. The van der Waals surface area contributed by atoms with Crippen LogP contribution < -0.4 is 15.4 Å². The summed E-state index contributed by atoms with van der Waals surface area (Å²) in [6.45, 7) is 4.02. The Morgan fingerprint density at radius 2 is 1.58 bits per heavy atom. The zero-order valence-electron chi connectivity index (χ0n) is 15.4. The minimum Gasteiger partial charge on any atom is -0.484 e. The summed E-state index contributed by atoms with van der Waals surface area (Å²) in [4.78, 5) is 23.9. The fourth-order valence-corrected chi connectivity index (χ4v) is 2.41. The van der Waals surface area contributed by atoms with Crippen molar-refractivity contribution in [1.82, 2.24) is 0 Å². The second-order valence-corrected chi connectivity index (χ2v) is 6.24. The summed E-state index contributed by atoms with van der Waals surface area (Å²) in [5.41, 5.74) is 2.42. The minimum atomic E-state index is -0.253. The quantitative estimate of drug-likeness (QED) is 0.650. The van der Waals surface area contributed by atoms with E-state index in [1.54, 1.807) is 24.3 Å². The van der Waals surface area contributed by atoms with Gasteiger partial charge in [0.1, 0.15) is 5.75 Å². The minimum absolute atomic E-state index is 0.00960. The number of anilines is 2. The molecule has 0 atom stereocenters. The normalized spacial score (nSPS) is 10.2. The third-order valence-corrected chi connectivity index (χ3v) is 3.83. The van der Waals surface area contributed by atoms with Crippen LogP contribution in [0.1, 0.15) is 38.2 Å². The maximum atomic E-state index is 12.0. The van der Waals surface area contributed by atoms with Crippen LogP contribution in [0.4, 0.5) is 11.4 Å². The van der Waals surface area contributed by atoms with E-state index in [-0.39, 0.29) is 18.4 Å². The fourth-order valence-electron chi connectivity index (χ4n) is 2.41. The van der Waals surface area contributed by atoms with Crippen LogP contribution in [0.2, 0.25) is 0 Å². The number of carbonyl (C=O) groups excluding carboxylic acids is 2. The van der Waals surface area contributed by atoms with Gasteiger partial charge >= 0.3 is 0 Å². The summed E-state index contributed by atoms with van der Waals surface area (Å²) in [7, 11) is 0. The summed E-state index contributed by atoms with van der Waals surface area (Å²) < 4.78 is 5.46. The van der Waals surface area contributed by atoms with Gasteiger partial charge in [0.05, 0.1) is 0 Å². The van der Waals surface area contributed by atoms with Gasteiger partial charge in [0, 0.05) is 17.8 Å². The molecule has 2 N–H and O–H groups in total. The molecule has 0 aliphatic heterocycles. The molecule has 0 aliphatic carbocycles. The summed E-state index contributed by atoms with van der Waals surface area (Å²) in [6, 6.07) is 14.6. The SMILES string of the molecule is CCCCCC(=O)Nc1cccc(NC(=O)COc2ccc(C)cc2)c1. The standard InChI is InChI=1S/C21H26N2O3/c1-3-4-5-9-20(24)22-17-7-6-8-18(14-17)23-21(25)15-26-19-12-10-16(2)11-13-19/h6-8,10-14H,3-5,9,15H2,1-2H3,(H,22,24)(H,23,25). The van der Waals surface area contributed by atoms with Gasteiger partial charge in [-0.1, -0.05) is 43.5 Å². The summed E-state index contributed by atoms with van der Waals surface area (Å²) in [5.74, 6) is 0.389. The number of amides is 2. The molecule has 2 aromatic rings. The number of unbranched alkanes of at least 4 members (excludes halogenated alkanes) is 2. The van der Waals surface area contributed by atoms with Crippen LogP contribution in [0, 0.1) is 6.92 Å². The maximum absolute atomic E-state index is 12.0. The van der Waals surface area contributed by atoms with Crippen LogP contribution in [0.15, 0.2) is 48.5 Å². The molecular weight excluding hydrogens is 328 g/mol. The number of rotatable bonds is 9. The third kappa shape index (κ3) is 6.97. The van der Waals surface area contributed by atoms with Gasteiger partial charge in [0.25, 0.3) is 5.91 Å². The molecule has 0 radical (unpaired) electrons. The van der Waals surface area contributed by atoms with Crippen molar-refractivity contribution in [2.75, 3.05) is 17.2 Å². The van der Waals surface area contributed by atoms with Crippen molar-refractivity contribution in [3.8, 4) is 5.75 Å². The molecular formula is C21H26N2O3. The average molecular weight is 354 g/mol. The van der Waals surface area contributed by atoms with Crippen molar-refractivity contribution in [1.29, 1.82) is 0 Å². The number of benzene rings is 2. The van der Waals surface area contributed by atoms with E-state index in [0.29, 0.717) is 23.5 Å². The third-order valence-electron chi connectivity index (χ3n) is 3.83. The highest BCUT2D eigenvalue weighted by Gasteiger charge is 2.06. The number of aryl methyl sites for hydroxylation is 1. The lowest BCUT2D eigenvalue weighted by Gasteiger charge is -2.10.